The van der Waals surface area contributed by atoms with Gasteiger partial charge in [0.05, 0.1) is 12.0 Å². The highest BCUT2D eigenvalue weighted by atomic mass is 32.2. The number of hydrogen-bond acceptors (Lipinski definition) is 4. The van der Waals surface area contributed by atoms with E-state index < -0.39 is 16.0 Å². The predicted molar refractivity (Wildman–Crippen MR) is 61.0 cm³/mol. The molecule has 1 heterocycles. The summed E-state index contributed by atoms with van der Waals surface area (Å²) in [5, 5.41) is 5.45. The molecular weight excluding hydrogens is 244 g/mol. The molecule has 90 valence electrons. The summed E-state index contributed by atoms with van der Waals surface area (Å²) in [7, 11) is -2.58. The van der Waals surface area contributed by atoms with Crippen LogP contribution in [0.2, 0.25) is 0 Å². The molecule has 0 aliphatic rings. The summed E-state index contributed by atoms with van der Waals surface area (Å²) in [5.74, 6) is -0.568. The zero-order chi connectivity index (χ0) is 12.6. The number of nitrogens with one attached hydrogen (secondary N) is 1. The van der Waals surface area contributed by atoms with Gasteiger partial charge in [0.15, 0.2) is 0 Å². The molecule has 0 radical (unpaired) electrons. The van der Waals surface area contributed by atoms with E-state index in [1.165, 1.54) is 19.2 Å². The maximum Gasteiger partial charge on any atom is 0.354 e. The number of esters is 1. The third-order valence-electron chi connectivity index (χ3n) is 2.34. The zero-order valence-electron chi connectivity index (χ0n) is 8.93. The maximum absolute atomic E-state index is 11.3. The van der Waals surface area contributed by atoms with E-state index in [9.17, 15) is 13.2 Å². The fourth-order valence-corrected chi connectivity index (χ4v) is 2.34. The number of fused-ring (bicyclic) bond motifs is 1. The molecule has 0 spiro atoms. The number of ether oxygens (including phenoxy) is 1. The number of nitrogens with two attached hydrogens (primary N) is 1. The second-order valence-electron chi connectivity index (χ2n) is 3.44. The molecule has 0 atom stereocenters. The molecule has 0 amide bonds. The van der Waals surface area contributed by atoms with E-state index >= 15 is 0 Å². The Balaban J connectivity index is 2.74. The van der Waals surface area contributed by atoms with E-state index in [0.717, 1.165) is 0 Å². The lowest BCUT2D eigenvalue weighted by atomic mass is 10.2. The van der Waals surface area contributed by atoms with Crippen LogP contribution in [-0.4, -0.2) is 26.5 Å². The first kappa shape index (κ1) is 11.6. The van der Waals surface area contributed by atoms with Gasteiger partial charge in [-0.25, -0.2) is 18.4 Å². The van der Waals surface area contributed by atoms with Crippen molar-refractivity contribution in [3.8, 4) is 0 Å². The van der Waals surface area contributed by atoms with Crippen molar-refractivity contribution in [3.63, 3.8) is 0 Å². The van der Waals surface area contributed by atoms with Crippen molar-refractivity contribution in [2.24, 2.45) is 5.14 Å². The number of H-pyrrole nitrogens is 1. The van der Waals surface area contributed by atoms with Gasteiger partial charge in [-0.1, -0.05) is 6.07 Å². The van der Waals surface area contributed by atoms with Crippen LogP contribution in [0.15, 0.2) is 29.2 Å². The molecular formula is C10H10N2O4S. The highest BCUT2D eigenvalue weighted by Gasteiger charge is 2.16. The van der Waals surface area contributed by atoms with Crippen LogP contribution in [0, 0.1) is 0 Å². The van der Waals surface area contributed by atoms with E-state index in [2.05, 4.69) is 9.72 Å². The molecule has 3 N–H and O–H groups in total. The van der Waals surface area contributed by atoms with Crippen molar-refractivity contribution in [1.29, 1.82) is 0 Å². The van der Waals surface area contributed by atoms with Crippen LogP contribution in [0.3, 0.4) is 0 Å². The number of primary sulfonamides is 1. The van der Waals surface area contributed by atoms with Crippen LogP contribution in [0.4, 0.5) is 0 Å². The van der Waals surface area contributed by atoms with Crippen LogP contribution in [0.1, 0.15) is 10.5 Å². The van der Waals surface area contributed by atoms with Crippen LogP contribution in [0.25, 0.3) is 10.9 Å². The van der Waals surface area contributed by atoms with Gasteiger partial charge in [-0.2, -0.15) is 0 Å². The molecule has 0 aliphatic heterocycles. The Morgan fingerprint density at radius 1 is 1.41 bits per heavy atom. The number of carbonyl (C=O) groups is 1. The second kappa shape index (κ2) is 3.86. The molecule has 0 bridgehead atoms. The topological polar surface area (TPSA) is 102 Å². The van der Waals surface area contributed by atoms with Gasteiger partial charge >= 0.3 is 5.97 Å². The molecule has 0 saturated heterocycles. The Bertz CT molecular complexity index is 687. The summed E-state index contributed by atoms with van der Waals surface area (Å²) in [6.07, 6.45) is 0. The number of aromatic nitrogens is 1. The molecule has 1 aromatic carbocycles. The van der Waals surface area contributed by atoms with Crippen molar-refractivity contribution in [2.75, 3.05) is 7.11 Å². The molecule has 0 unspecified atom stereocenters. The predicted octanol–water partition coefficient (Wildman–Crippen LogP) is 0.602. The maximum atomic E-state index is 11.3. The average Bonchev–Trinajstić information content (AvgIpc) is 2.69. The van der Waals surface area contributed by atoms with Gasteiger partial charge < -0.3 is 9.72 Å². The van der Waals surface area contributed by atoms with E-state index in [-0.39, 0.29) is 10.6 Å². The molecule has 0 aliphatic carbocycles. The Morgan fingerprint density at radius 3 is 2.71 bits per heavy atom. The summed E-state index contributed by atoms with van der Waals surface area (Å²) < 4.78 is 27.2. The van der Waals surface area contributed by atoms with Gasteiger partial charge in [-0.05, 0) is 18.2 Å². The van der Waals surface area contributed by atoms with Gasteiger partial charge in [0.2, 0.25) is 10.0 Å². The SMILES string of the molecule is COC(=O)c1cc2c(S(N)(=O)=O)cccc2[nH]1. The molecule has 7 heteroatoms. The average molecular weight is 254 g/mol. The molecule has 17 heavy (non-hydrogen) atoms. The minimum Gasteiger partial charge on any atom is -0.464 e. The fraction of sp³-hybridized carbons (Fsp3) is 0.100. The first-order valence-corrected chi connectivity index (χ1v) is 6.21. The van der Waals surface area contributed by atoms with Crippen LogP contribution < -0.4 is 5.14 Å². The number of carbonyl (C=O) groups excluding carboxylic acids is 1. The molecule has 0 fully saturated rings. The van der Waals surface area contributed by atoms with E-state index in [0.29, 0.717) is 10.9 Å². The van der Waals surface area contributed by atoms with E-state index in [4.69, 9.17) is 5.14 Å². The largest absolute Gasteiger partial charge is 0.464 e. The summed E-state index contributed by atoms with van der Waals surface area (Å²) in [5.41, 5.74) is 0.690. The lowest BCUT2D eigenvalue weighted by molar-refractivity contribution is 0.0595. The number of methoxy groups -OCH3 is 1. The summed E-state index contributed by atoms with van der Waals surface area (Å²) in [6.45, 7) is 0. The summed E-state index contributed by atoms with van der Waals surface area (Å²) >= 11 is 0. The molecule has 1 aromatic heterocycles. The van der Waals surface area contributed by atoms with Crippen molar-refractivity contribution < 1.29 is 17.9 Å². The highest BCUT2D eigenvalue weighted by Crippen LogP contribution is 2.23. The van der Waals surface area contributed by atoms with Crippen molar-refractivity contribution in [2.45, 2.75) is 4.90 Å². The number of sulfonamides is 1. The Morgan fingerprint density at radius 2 is 2.12 bits per heavy atom. The number of rotatable bonds is 2. The molecule has 2 aromatic rings. The van der Waals surface area contributed by atoms with Gasteiger partial charge in [-0.15, -0.1) is 0 Å². The quantitative estimate of drug-likeness (QED) is 0.766. The Hall–Kier alpha value is -1.86. The first-order valence-electron chi connectivity index (χ1n) is 4.66. The standard InChI is InChI=1S/C10H10N2O4S/c1-16-10(13)8-5-6-7(12-8)3-2-4-9(6)17(11,14)15/h2-5,12H,1H3,(H2,11,14,15). The van der Waals surface area contributed by atoms with E-state index in [1.807, 2.05) is 0 Å². The fourth-order valence-electron chi connectivity index (χ4n) is 1.60. The summed E-state index contributed by atoms with van der Waals surface area (Å²) in [6, 6.07) is 5.98. The minimum absolute atomic E-state index is 0.0265. The third-order valence-corrected chi connectivity index (χ3v) is 3.31. The molecule has 0 saturated carbocycles. The second-order valence-corrected chi connectivity index (χ2v) is 4.97. The minimum atomic E-state index is -3.82. The molecule has 6 nitrogen and oxygen atoms in total. The number of hydrogen-bond donors (Lipinski definition) is 2. The Labute approximate surface area is 97.4 Å². The van der Waals surface area contributed by atoms with Crippen LogP contribution >= 0.6 is 0 Å². The Kier molecular flexibility index (Phi) is 2.64. The van der Waals surface area contributed by atoms with Gasteiger partial charge in [0.25, 0.3) is 0 Å². The summed E-state index contributed by atoms with van der Waals surface area (Å²) in [4.78, 5) is 14.0. The zero-order valence-corrected chi connectivity index (χ0v) is 9.74. The number of aromatic amines is 1. The first-order chi connectivity index (χ1) is 7.93. The number of benzene rings is 1. The third kappa shape index (κ3) is 2.02. The van der Waals surface area contributed by atoms with Crippen molar-refractivity contribution in [3.05, 3.63) is 30.0 Å². The monoisotopic (exact) mass is 254 g/mol. The lowest BCUT2D eigenvalue weighted by Crippen LogP contribution is -2.12. The van der Waals surface area contributed by atoms with Gasteiger partial charge in [0.1, 0.15) is 5.69 Å². The van der Waals surface area contributed by atoms with Crippen molar-refractivity contribution >= 4 is 26.9 Å². The normalized spacial score (nSPS) is 11.6. The van der Waals surface area contributed by atoms with E-state index in [1.54, 1.807) is 12.1 Å². The van der Waals surface area contributed by atoms with Crippen LogP contribution in [0.5, 0.6) is 0 Å². The van der Waals surface area contributed by atoms with Gasteiger partial charge in [-0.3, -0.25) is 0 Å². The lowest BCUT2D eigenvalue weighted by Gasteiger charge is -1.98. The molecule has 2 rings (SSSR count). The van der Waals surface area contributed by atoms with Crippen LogP contribution in [-0.2, 0) is 14.8 Å². The van der Waals surface area contributed by atoms with Crippen molar-refractivity contribution in [1.82, 2.24) is 4.98 Å². The highest BCUT2D eigenvalue weighted by molar-refractivity contribution is 7.89. The smallest absolute Gasteiger partial charge is 0.354 e. The van der Waals surface area contributed by atoms with Gasteiger partial charge in [0, 0.05) is 10.9 Å².